The van der Waals surface area contributed by atoms with E-state index in [1.54, 1.807) is 0 Å². The molecule has 0 radical (unpaired) electrons. The molecule has 0 fully saturated rings. The quantitative estimate of drug-likeness (QED) is 0.786. The SMILES string of the molecule is Cc1cnn(C(C)C(C)NCc2nc(C)c3ccccc3n2)c1. The number of hydrogen-bond donors (Lipinski definition) is 1. The normalized spacial score (nSPS) is 14.1. The first-order valence-electron chi connectivity index (χ1n) is 8.01. The van der Waals surface area contributed by atoms with Gasteiger partial charge in [-0.3, -0.25) is 4.68 Å². The fourth-order valence-corrected chi connectivity index (χ4v) is 2.68. The van der Waals surface area contributed by atoms with Crippen LogP contribution in [0.25, 0.3) is 10.9 Å². The van der Waals surface area contributed by atoms with E-state index in [1.807, 2.05) is 36.0 Å². The summed E-state index contributed by atoms with van der Waals surface area (Å²) < 4.78 is 2.00. The van der Waals surface area contributed by atoms with Gasteiger partial charge in [-0.05, 0) is 39.3 Å². The molecule has 23 heavy (non-hydrogen) atoms. The molecule has 2 unspecified atom stereocenters. The Balaban J connectivity index is 1.70. The van der Waals surface area contributed by atoms with Crippen molar-refractivity contribution in [3.8, 4) is 0 Å². The summed E-state index contributed by atoms with van der Waals surface area (Å²) in [7, 11) is 0. The smallest absolute Gasteiger partial charge is 0.143 e. The summed E-state index contributed by atoms with van der Waals surface area (Å²) in [5, 5.41) is 9.02. The zero-order valence-electron chi connectivity index (χ0n) is 14.1. The molecule has 3 rings (SSSR count). The average Bonchev–Trinajstić information content (AvgIpc) is 2.98. The van der Waals surface area contributed by atoms with E-state index in [9.17, 15) is 0 Å². The molecule has 0 aliphatic carbocycles. The molecule has 0 aliphatic rings. The maximum absolute atomic E-state index is 4.65. The van der Waals surface area contributed by atoms with Crippen molar-refractivity contribution < 1.29 is 0 Å². The maximum atomic E-state index is 4.65. The van der Waals surface area contributed by atoms with Gasteiger partial charge in [0.2, 0.25) is 0 Å². The monoisotopic (exact) mass is 309 g/mol. The summed E-state index contributed by atoms with van der Waals surface area (Å²) in [5.41, 5.74) is 3.20. The minimum Gasteiger partial charge on any atom is -0.305 e. The molecule has 2 aromatic heterocycles. The molecule has 0 bridgehead atoms. The average molecular weight is 309 g/mol. The van der Waals surface area contributed by atoms with Gasteiger partial charge in [0, 0.05) is 23.3 Å². The van der Waals surface area contributed by atoms with Gasteiger partial charge < -0.3 is 5.32 Å². The lowest BCUT2D eigenvalue weighted by molar-refractivity contribution is 0.362. The number of rotatable bonds is 5. The Hall–Kier alpha value is -2.27. The highest BCUT2D eigenvalue weighted by atomic mass is 15.3. The third kappa shape index (κ3) is 3.40. The predicted octanol–water partition coefficient (Wildman–Crippen LogP) is 3.18. The lowest BCUT2D eigenvalue weighted by Gasteiger charge is -2.21. The van der Waals surface area contributed by atoms with Crippen LogP contribution in [0.3, 0.4) is 0 Å². The lowest BCUT2D eigenvalue weighted by atomic mass is 10.1. The van der Waals surface area contributed by atoms with E-state index < -0.39 is 0 Å². The Morgan fingerprint density at radius 3 is 2.65 bits per heavy atom. The second kappa shape index (κ2) is 6.46. The van der Waals surface area contributed by atoms with Gasteiger partial charge in [-0.2, -0.15) is 5.10 Å². The molecule has 0 spiro atoms. The lowest BCUT2D eigenvalue weighted by Crippen LogP contribution is -2.34. The highest BCUT2D eigenvalue weighted by molar-refractivity contribution is 5.80. The van der Waals surface area contributed by atoms with Crippen LogP contribution in [0.1, 0.15) is 37.0 Å². The molecule has 2 heterocycles. The minimum absolute atomic E-state index is 0.268. The molecule has 5 nitrogen and oxygen atoms in total. The molecular formula is C18H23N5. The molecule has 0 saturated heterocycles. The minimum atomic E-state index is 0.268. The number of hydrogen-bond acceptors (Lipinski definition) is 4. The number of fused-ring (bicyclic) bond motifs is 1. The summed E-state index contributed by atoms with van der Waals surface area (Å²) in [6.45, 7) is 9.07. The number of aryl methyl sites for hydroxylation is 2. The van der Waals surface area contributed by atoms with E-state index in [4.69, 9.17) is 0 Å². The van der Waals surface area contributed by atoms with Gasteiger partial charge in [-0.15, -0.1) is 0 Å². The number of aromatic nitrogens is 4. The predicted molar refractivity (Wildman–Crippen MR) is 92.3 cm³/mol. The molecule has 2 atom stereocenters. The van der Waals surface area contributed by atoms with Crippen molar-refractivity contribution in [1.29, 1.82) is 0 Å². The standard InChI is InChI=1S/C18H23N5/c1-12-9-20-23(11-12)15(4)13(2)19-10-18-21-14(3)16-7-5-6-8-17(16)22-18/h5-9,11,13,15,19H,10H2,1-4H3. The number of nitrogens with one attached hydrogen (secondary N) is 1. The van der Waals surface area contributed by atoms with Crippen molar-refractivity contribution in [2.45, 2.75) is 46.3 Å². The molecule has 1 aromatic carbocycles. The van der Waals surface area contributed by atoms with Crippen molar-refractivity contribution in [2.75, 3.05) is 0 Å². The van der Waals surface area contributed by atoms with Gasteiger partial charge in [0.25, 0.3) is 0 Å². The molecule has 5 heteroatoms. The molecule has 0 amide bonds. The number of para-hydroxylation sites is 1. The van der Waals surface area contributed by atoms with Crippen LogP contribution >= 0.6 is 0 Å². The fourth-order valence-electron chi connectivity index (χ4n) is 2.68. The fraction of sp³-hybridized carbons (Fsp3) is 0.389. The molecule has 120 valence electrons. The maximum Gasteiger partial charge on any atom is 0.143 e. The van der Waals surface area contributed by atoms with E-state index in [1.165, 1.54) is 5.56 Å². The van der Waals surface area contributed by atoms with Crippen LogP contribution in [0.2, 0.25) is 0 Å². The summed E-state index contributed by atoms with van der Waals surface area (Å²) in [4.78, 5) is 9.26. The van der Waals surface area contributed by atoms with E-state index >= 15 is 0 Å². The zero-order chi connectivity index (χ0) is 16.4. The summed E-state index contributed by atoms with van der Waals surface area (Å²) in [5.74, 6) is 0.830. The summed E-state index contributed by atoms with van der Waals surface area (Å²) >= 11 is 0. The highest BCUT2D eigenvalue weighted by Crippen LogP contribution is 2.15. The third-order valence-corrected chi connectivity index (χ3v) is 4.29. The first kappa shape index (κ1) is 15.6. The van der Waals surface area contributed by atoms with E-state index in [2.05, 4.69) is 53.4 Å². The van der Waals surface area contributed by atoms with Gasteiger partial charge in [-0.25, -0.2) is 9.97 Å². The second-order valence-electron chi connectivity index (χ2n) is 6.15. The first-order chi connectivity index (χ1) is 11.0. The van der Waals surface area contributed by atoms with Crippen molar-refractivity contribution in [1.82, 2.24) is 25.1 Å². The van der Waals surface area contributed by atoms with Gasteiger partial charge in [0.1, 0.15) is 5.82 Å². The molecule has 0 aliphatic heterocycles. The van der Waals surface area contributed by atoms with Gasteiger partial charge in [-0.1, -0.05) is 18.2 Å². The Kier molecular flexibility index (Phi) is 4.39. The molecule has 1 N–H and O–H groups in total. The van der Waals surface area contributed by atoms with Crippen LogP contribution in [0.15, 0.2) is 36.7 Å². The van der Waals surface area contributed by atoms with Crippen LogP contribution < -0.4 is 5.32 Å². The molecular weight excluding hydrogens is 286 g/mol. The molecule has 3 aromatic rings. The largest absolute Gasteiger partial charge is 0.305 e. The topological polar surface area (TPSA) is 55.6 Å². The van der Waals surface area contributed by atoms with Crippen LogP contribution in [-0.4, -0.2) is 25.8 Å². The van der Waals surface area contributed by atoms with E-state index in [0.29, 0.717) is 6.54 Å². The third-order valence-electron chi connectivity index (χ3n) is 4.29. The Morgan fingerprint density at radius 1 is 1.13 bits per heavy atom. The highest BCUT2D eigenvalue weighted by Gasteiger charge is 2.15. The Labute approximate surface area is 136 Å². The van der Waals surface area contributed by atoms with Gasteiger partial charge >= 0.3 is 0 Å². The number of benzene rings is 1. The Morgan fingerprint density at radius 2 is 1.91 bits per heavy atom. The number of nitrogens with zero attached hydrogens (tertiary/aromatic N) is 4. The second-order valence-corrected chi connectivity index (χ2v) is 6.15. The Bertz CT molecular complexity index is 808. The van der Waals surface area contributed by atoms with Gasteiger partial charge in [0.15, 0.2) is 0 Å². The van der Waals surface area contributed by atoms with E-state index in [-0.39, 0.29) is 12.1 Å². The van der Waals surface area contributed by atoms with Crippen LogP contribution in [-0.2, 0) is 6.54 Å². The van der Waals surface area contributed by atoms with E-state index in [0.717, 1.165) is 22.4 Å². The van der Waals surface area contributed by atoms with Crippen molar-refractivity contribution in [3.05, 3.63) is 53.7 Å². The first-order valence-corrected chi connectivity index (χ1v) is 8.01. The van der Waals surface area contributed by atoms with Crippen LogP contribution in [0.5, 0.6) is 0 Å². The summed E-state index contributed by atoms with van der Waals surface area (Å²) in [6.07, 6.45) is 3.96. The van der Waals surface area contributed by atoms with Crippen molar-refractivity contribution in [3.63, 3.8) is 0 Å². The van der Waals surface area contributed by atoms with Crippen molar-refractivity contribution in [2.24, 2.45) is 0 Å². The zero-order valence-corrected chi connectivity index (χ0v) is 14.1. The van der Waals surface area contributed by atoms with Crippen LogP contribution in [0.4, 0.5) is 0 Å². The summed E-state index contributed by atoms with van der Waals surface area (Å²) in [6, 6.07) is 8.66. The van der Waals surface area contributed by atoms with Gasteiger partial charge in [0.05, 0.1) is 24.3 Å². The van der Waals surface area contributed by atoms with Crippen molar-refractivity contribution >= 4 is 10.9 Å². The van der Waals surface area contributed by atoms with Crippen LogP contribution in [0, 0.1) is 13.8 Å². The molecule has 0 saturated carbocycles.